The van der Waals surface area contributed by atoms with Gasteiger partial charge in [-0.2, -0.15) is 5.10 Å². The van der Waals surface area contributed by atoms with Crippen molar-refractivity contribution in [1.82, 2.24) is 15.1 Å². The Morgan fingerprint density at radius 2 is 2.07 bits per heavy atom. The molecule has 0 radical (unpaired) electrons. The largest absolute Gasteiger partial charge is 0.482 e. The third-order valence-corrected chi connectivity index (χ3v) is 4.09. The number of hydrogen-bond donors (Lipinski definition) is 1. The first-order valence-corrected chi connectivity index (χ1v) is 8.75. The van der Waals surface area contributed by atoms with Crippen molar-refractivity contribution in [2.45, 2.75) is 6.54 Å². The maximum Gasteiger partial charge on any atom is 0.266 e. The molecular weight excluding hydrogens is 393 g/mol. The number of halogens is 2. The minimum absolute atomic E-state index is 0.205. The van der Waals surface area contributed by atoms with Gasteiger partial charge in [-0.1, -0.05) is 23.2 Å². The van der Waals surface area contributed by atoms with Gasteiger partial charge in [-0.3, -0.25) is 9.59 Å². The van der Waals surface area contributed by atoms with Crippen molar-refractivity contribution in [2.75, 3.05) is 13.2 Å². The van der Waals surface area contributed by atoms with E-state index in [0.29, 0.717) is 27.2 Å². The molecule has 1 aromatic carbocycles. The molecule has 0 aliphatic carbocycles. The molecule has 2 heterocycles. The van der Waals surface area contributed by atoms with E-state index >= 15 is 0 Å². The number of benzene rings is 1. The summed E-state index contributed by atoms with van der Waals surface area (Å²) in [6, 6.07) is 11.2. The molecule has 0 atom stereocenters. The van der Waals surface area contributed by atoms with E-state index in [2.05, 4.69) is 10.4 Å². The molecule has 0 saturated heterocycles. The molecule has 2 aromatic heterocycles. The Kier molecular flexibility index (Phi) is 6.16. The molecule has 0 unspecified atom stereocenters. The van der Waals surface area contributed by atoms with E-state index in [1.54, 1.807) is 30.3 Å². The van der Waals surface area contributed by atoms with Crippen LogP contribution in [0.3, 0.4) is 0 Å². The predicted molar refractivity (Wildman–Crippen MR) is 101 cm³/mol. The molecule has 0 bridgehead atoms. The standard InChI is InChI=1S/C18H15Cl2N3O4/c19-12-3-4-13(20)16(10-12)27-11-17(24)21-7-8-23-18(25)6-5-14(22-23)15-2-1-9-26-15/h1-6,9-10H,7-8,11H2,(H,21,24). The SMILES string of the molecule is O=C(COc1cc(Cl)ccc1Cl)NCCn1nc(-c2ccco2)ccc1=O. The smallest absolute Gasteiger partial charge is 0.266 e. The van der Waals surface area contributed by atoms with Crippen LogP contribution in [0.1, 0.15) is 0 Å². The van der Waals surface area contributed by atoms with Crippen LogP contribution >= 0.6 is 23.2 Å². The van der Waals surface area contributed by atoms with Gasteiger partial charge in [-0.05, 0) is 30.3 Å². The number of nitrogens with one attached hydrogen (secondary N) is 1. The number of rotatable bonds is 7. The van der Waals surface area contributed by atoms with Gasteiger partial charge in [0, 0.05) is 23.7 Å². The van der Waals surface area contributed by atoms with E-state index in [9.17, 15) is 9.59 Å². The zero-order valence-electron chi connectivity index (χ0n) is 14.0. The van der Waals surface area contributed by atoms with Gasteiger partial charge in [-0.15, -0.1) is 0 Å². The molecule has 3 aromatic rings. The Balaban J connectivity index is 1.52. The first kappa shape index (κ1) is 19.0. The highest BCUT2D eigenvalue weighted by Crippen LogP contribution is 2.27. The Hall–Kier alpha value is -2.77. The fraction of sp³-hybridized carbons (Fsp3) is 0.167. The number of nitrogens with zero attached hydrogens (tertiary/aromatic N) is 2. The molecule has 27 heavy (non-hydrogen) atoms. The Morgan fingerprint density at radius 1 is 1.22 bits per heavy atom. The number of amides is 1. The van der Waals surface area contributed by atoms with Crippen molar-refractivity contribution in [3.8, 4) is 17.2 Å². The maximum atomic E-state index is 11.9. The van der Waals surface area contributed by atoms with Crippen LogP contribution in [0.5, 0.6) is 5.75 Å². The summed E-state index contributed by atoms with van der Waals surface area (Å²) in [4.78, 5) is 23.8. The lowest BCUT2D eigenvalue weighted by Gasteiger charge is -2.10. The van der Waals surface area contributed by atoms with Crippen LogP contribution in [0.15, 0.2) is 57.9 Å². The second-order valence-electron chi connectivity index (χ2n) is 5.47. The predicted octanol–water partition coefficient (Wildman–Crippen LogP) is 3.01. The van der Waals surface area contributed by atoms with Crippen LogP contribution in [0, 0.1) is 0 Å². The summed E-state index contributed by atoms with van der Waals surface area (Å²) in [6.07, 6.45) is 1.53. The van der Waals surface area contributed by atoms with Gasteiger partial charge in [0.25, 0.3) is 11.5 Å². The van der Waals surface area contributed by atoms with Crippen LogP contribution in [0.2, 0.25) is 10.0 Å². The third kappa shape index (κ3) is 5.12. The first-order valence-electron chi connectivity index (χ1n) is 7.99. The van der Waals surface area contributed by atoms with Crippen LogP contribution in [-0.2, 0) is 11.3 Å². The van der Waals surface area contributed by atoms with Crippen molar-refractivity contribution >= 4 is 29.1 Å². The molecule has 3 rings (SSSR count). The van der Waals surface area contributed by atoms with Gasteiger partial charge in [0.05, 0.1) is 17.8 Å². The number of furan rings is 1. The highest BCUT2D eigenvalue weighted by molar-refractivity contribution is 6.34. The van der Waals surface area contributed by atoms with E-state index in [-0.39, 0.29) is 31.2 Å². The summed E-state index contributed by atoms with van der Waals surface area (Å²) >= 11 is 11.8. The number of carbonyl (C=O) groups is 1. The quantitative estimate of drug-likeness (QED) is 0.650. The molecule has 9 heteroatoms. The fourth-order valence-corrected chi connectivity index (χ4v) is 2.58. The van der Waals surface area contributed by atoms with E-state index < -0.39 is 0 Å². The van der Waals surface area contributed by atoms with Crippen LogP contribution in [0.25, 0.3) is 11.5 Å². The topological polar surface area (TPSA) is 86.4 Å². The van der Waals surface area contributed by atoms with E-state index in [1.807, 2.05) is 0 Å². The zero-order chi connectivity index (χ0) is 19.2. The van der Waals surface area contributed by atoms with E-state index in [4.69, 9.17) is 32.4 Å². The summed E-state index contributed by atoms with van der Waals surface area (Å²) in [7, 11) is 0. The first-order chi connectivity index (χ1) is 13.0. The molecule has 0 spiro atoms. The molecule has 0 saturated carbocycles. The minimum Gasteiger partial charge on any atom is -0.482 e. The third-order valence-electron chi connectivity index (χ3n) is 3.54. The molecular formula is C18H15Cl2N3O4. The summed E-state index contributed by atoms with van der Waals surface area (Å²) in [5.41, 5.74) is 0.256. The second kappa shape index (κ2) is 8.75. The van der Waals surface area contributed by atoms with Gasteiger partial charge in [0.1, 0.15) is 11.4 Å². The van der Waals surface area contributed by atoms with Crippen LogP contribution in [-0.4, -0.2) is 28.8 Å². The number of ether oxygens (including phenoxy) is 1. The highest BCUT2D eigenvalue weighted by atomic mass is 35.5. The summed E-state index contributed by atoms with van der Waals surface area (Å²) in [6.45, 7) is 0.186. The maximum absolute atomic E-state index is 11.9. The zero-order valence-corrected chi connectivity index (χ0v) is 15.5. The number of carbonyl (C=O) groups excluding carboxylic acids is 1. The summed E-state index contributed by atoms with van der Waals surface area (Å²) in [5, 5.41) is 7.69. The Morgan fingerprint density at radius 3 is 2.85 bits per heavy atom. The Labute approximate surface area is 164 Å². The molecule has 0 aliphatic rings. The highest BCUT2D eigenvalue weighted by Gasteiger charge is 2.08. The lowest BCUT2D eigenvalue weighted by atomic mass is 10.3. The van der Waals surface area contributed by atoms with Crippen molar-refractivity contribution in [3.05, 3.63) is 69.1 Å². The minimum atomic E-state index is -0.360. The van der Waals surface area contributed by atoms with Crippen molar-refractivity contribution in [1.29, 1.82) is 0 Å². The molecule has 1 N–H and O–H groups in total. The average molecular weight is 408 g/mol. The molecule has 1 amide bonds. The van der Waals surface area contributed by atoms with Crippen LogP contribution < -0.4 is 15.6 Å². The monoisotopic (exact) mass is 407 g/mol. The Bertz CT molecular complexity index is 987. The summed E-state index contributed by atoms with van der Waals surface area (Å²) < 4.78 is 11.9. The van der Waals surface area contributed by atoms with E-state index in [0.717, 1.165) is 0 Å². The molecule has 140 valence electrons. The van der Waals surface area contributed by atoms with Crippen LogP contribution in [0.4, 0.5) is 0 Å². The van der Waals surface area contributed by atoms with Crippen molar-refractivity contribution < 1.29 is 13.9 Å². The lowest BCUT2D eigenvalue weighted by molar-refractivity contribution is -0.123. The van der Waals surface area contributed by atoms with Gasteiger partial charge < -0.3 is 14.5 Å². The van der Waals surface area contributed by atoms with Gasteiger partial charge in [0.15, 0.2) is 12.4 Å². The molecule has 0 aliphatic heterocycles. The second-order valence-corrected chi connectivity index (χ2v) is 6.31. The number of hydrogen-bond acceptors (Lipinski definition) is 5. The number of aromatic nitrogens is 2. The van der Waals surface area contributed by atoms with Gasteiger partial charge >= 0.3 is 0 Å². The van der Waals surface area contributed by atoms with Gasteiger partial charge in [0.2, 0.25) is 0 Å². The molecule has 7 nitrogen and oxygen atoms in total. The summed E-state index contributed by atoms with van der Waals surface area (Å²) in [5.74, 6) is 0.518. The lowest BCUT2D eigenvalue weighted by Crippen LogP contribution is -2.34. The van der Waals surface area contributed by atoms with Gasteiger partial charge in [-0.25, -0.2) is 4.68 Å². The molecule has 0 fully saturated rings. The van der Waals surface area contributed by atoms with E-state index in [1.165, 1.54) is 23.1 Å². The fourth-order valence-electron chi connectivity index (χ4n) is 2.25. The normalized spacial score (nSPS) is 10.6. The van der Waals surface area contributed by atoms with Crippen molar-refractivity contribution in [2.24, 2.45) is 0 Å². The van der Waals surface area contributed by atoms with Crippen molar-refractivity contribution in [3.63, 3.8) is 0 Å². The average Bonchev–Trinajstić information content (AvgIpc) is 3.19.